The Balaban J connectivity index is 1.80. The van der Waals surface area contributed by atoms with Gasteiger partial charge in [-0.3, -0.25) is 0 Å². The maximum atomic E-state index is 8.77. The predicted molar refractivity (Wildman–Crippen MR) is 73.5 cm³/mol. The Morgan fingerprint density at radius 1 is 1.44 bits per heavy atom. The highest BCUT2D eigenvalue weighted by Gasteiger charge is 2.26. The number of rotatable bonds is 3. The standard InChI is InChI=1S/C13H10ClN3S/c14-10-5-8(6-15)1-4-11(10)16-13-17-12(7-18-13)9-2-3-9/h1,4-5,7,9H,2-3H2,(H,16,17). The lowest BCUT2D eigenvalue weighted by molar-refractivity contribution is 1.05. The number of halogens is 1. The van der Waals surface area contributed by atoms with Gasteiger partial charge >= 0.3 is 0 Å². The zero-order valence-electron chi connectivity index (χ0n) is 9.48. The van der Waals surface area contributed by atoms with E-state index < -0.39 is 0 Å². The van der Waals surface area contributed by atoms with Gasteiger partial charge in [-0.25, -0.2) is 4.98 Å². The van der Waals surface area contributed by atoms with Crippen LogP contribution in [0.25, 0.3) is 0 Å². The molecule has 0 saturated heterocycles. The van der Waals surface area contributed by atoms with Crippen molar-refractivity contribution >= 4 is 33.8 Å². The molecule has 1 N–H and O–H groups in total. The van der Waals surface area contributed by atoms with Gasteiger partial charge in [-0.2, -0.15) is 5.26 Å². The summed E-state index contributed by atoms with van der Waals surface area (Å²) in [5.74, 6) is 0.660. The molecule has 0 radical (unpaired) electrons. The van der Waals surface area contributed by atoms with Crippen LogP contribution in [0.3, 0.4) is 0 Å². The van der Waals surface area contributed by atoms with E-state index in [0.717, 1.165) is 10.8 Å². The molecular formula is C13H10ClN3S. The molecule has 2 aromatic rings. The predicted octanol–water partition coefficient (Wildman–Crippen LogP) is 4.29. The Morgan fingerprint density at radius 2 is 2.28 bits per heavy atom. The third kappa shape index (κ3) is 2.33. The largest absolute Gasteiger partial charge is 0.330 e. The van der Waals surface area contributed by atoms with Crippen LogP contribution < -0.4 is 5.32 Å². The molecule has 1 aliphatic carbocycles. The third-order valence-electron chi connectivity index (χ3n) is 2.86. The van der Waals surface area contributed by atoms with Crippen molar-refractivity contribution < 1.29 is 0 Å². The monoisotopic (exact) mass is 275 g/mol. The summed E-state index contributed by atoms with van der Waals surface area (Å²) in [7, 11) is 0. The van der Waals surface area contributed by atoms with Crippen molar-refractivity contribution in [2.75, 3.05) is 5.32 Å². The fourth-order valence-electron chi connectivity index (χ4n) is 1.71. The molecule has 90 valence electrons. The minimum absolute atomic E-state index is 0.539. The van der Waals surface area contributed by atoms with E-state index in [9.17, 15) is 0 Å². The summed E-state index contributed by atoms with van der Waals surface area (Å²) in [6.45, 7) is 0. The topological polar surface area (TPSA) is 48.7 Å². The van der Waals surface area contributed by atoms with Crippen molar-refractivity contribution in [2.24, 2.45) is 0 Å². The zero-order chi connectivity index (χ0) is 12.5. The average Bonchev–Trinajstić information content (AvgIpc) is 3.13. The van der Waals surface area contributed by atoms with Gasteiger partial charge in [0.1, 0.15) is 0 Å². The molecule has 5 heteroatoms. The molecule has 18 heavy (non-hydrogen) atoms. The highest BCUT2D eigenvalue weighted by atomic mass is 35.5. The molecule has 0 bridgehead atoms. The molecule has 0 unspecified atom stereocenters. The van der Waals surface area contributed by atoms with E-state index in [1.54, 1.807) is 29.5 Å². The van der Waals surface area contributed by atoms with Gasteiger partial charge in [-0.1, -0.05) is 11.6 Å². The Hall–Kier alpha value is -1.57. The third-order valence-corrected chi connectivity index (χ3v) is 3.95. The van der Waals surface area contributed by atoms with Crippen molar-refractivity contribution in [3.05, 3.63) is 39.9 Å². The Bertz CT molecular complexity index is 625. The molecule has 3 rings (SSSR count). The molecule has 1 aromatic heterocycles. The number of hydrogen-bond acceptors (Lipinski definition) is 4. The summed E-state index contributed by atoms with van der Waals surface area (Å²) >= 11 is 7.69. The van der Waals surface area contributed by atoms with Crippen LogP contribution in [-0.4, -0.2) is 4.98 Å². The second-order valence-electron chi connectivity index (χ2n) is 4.28. The van der Waals surface area contributed by atoms with E-state index in [4.69, 9.17) is 16.9 Å². The molecular weight excluding hydrogens is 266 g/mol. The number of nitrogens with zero attached hydrogens (tertiary/aromatic N) is 2. The van der Waals surface area contributed by atoms with Gasteiger partial charge in [0, 0.05) is 11.3 Å². The quantitative estimate of drug-likeness (QED) is 0.909. The lowest BCUT2D eigenvalue weighted by atomic mass is 10.2. The SMILES string of the molecule is N#Cc1ccc(Nc2nc(C3CC3)cs2)c(Cl)c1. The lowest BCUT2D eigenvalue weighted by Crippen LogP contribution is -1.91. The van der Waals surface area contributed by atoms with Gasteiger partial charge in [0.05, 0.1) is 28.0 Å². The van der Waals surface area contributed by atoms with Crippen molar-refractivity contribution in [1.29, 1.82) is 5.26 Å². The van der Waals surface area contributed by atoms with E-state index in [1.165, 1.54) is 18.5 Å². The van der Waals surface area contributed by atoms with Gasteiger partial charge in [-0.05, 0) is 31.0 Å². The molecule has 1 fully saturated rings. The number of nitrogens with one attached hydrogen (secondary N) is 1. The van der Waals surface area contributed by atoms with Crippen LogP contribution in [0.5, 0.6) is 0 Å². The maximum absolute atomic E-state index is 8.77. The summed E-state index contributed by atoms with van der Waals surface area (Å²) < 4.78 is 0. The van der Waals surface area contributed by atoms with Gasteiger partial charge in [0.2, 0.25) is 0 Å². The summed E-state index contributed by atoms with van der Waals surface area (Å²) in [6.07, 6.45) is 2.50. The molecule has 0 aliphatic heterocycles. The molecule has 1 aliphatic rings. The van der Waals surface area contributed by atoms with E-state index in [1.807, 2.05) is 0 Å². The summed E-state index contributed by atoms with van der Waals surface area (Å²) in [5.41, 5.74) is 2.52. The second kappa shape index (κ2) is 4.60. The Morgan fingerprint density at radius 3 is 2.94 bits per heavy atom. The zero-order valence-corrected chi connectivity index (χ0v) is 11.1. The molecule has 1 saturated carbocycles. The highest BCUT2D eigenvalue weighted by Crippen LogP contribution is 2.41. The summed E-state index contributed by atoms with van der Waals surface area (Å²) in [6, 6.07) is 7.26. The van der Waals surface area contributed by atoms with Gasteiger partial charge in [0.15, 0.2) is 5.13 Å². The fourth-order valence-corrected chi connectivity index (χ4v) is 2.74. The molecule has 1 heterocycles. The average molecular weight is 276 g/mol. The van der Waals surface area contributed by atoms with E-state index >= 15 is 0 Å². The van der Waals surface area contributed by atoms with Crippen LogP contribution in [0.1, 0.15) is 30.0 Å². The lowest BCUT2D eigenvalue weighted by Gasteiger charge is -2.04. The summed E-state index contributed by atoms with van der Waals surface area (Å²) in [5, 5.41) is 15.5. The van der Waals surface area contributed by atoms with Crippen molar-refractivity contribution in [3.8, 4) is 6.07 Å². The number of thiazole rings is 1. The van der Waals surface area contributed by atoms with Crippen molar-refractivity contribution in [1.82, 2.24) is 4.98 Å². The van der Waals surface area contributed by atoms with E-state index in [-0.39, 0.29) is 0 Å². The normalized spacial score (nSPS) is 14.2. The molecule has 3 nitrogen and oxygen atoms in total. The van der Waals surface area contributed by atoms with Crippen LogP contribution in [0.15, 0.2) is 23.6 Å². The Kier molecular flexibility index (Phi) is 2.94. The minimum Gasteiger partial charge on any atom is -0.330 e. The van der Waals surface area contributed by atoms with Crippen molar-refractivity contribution in [2.45, 2.75) is 18.8 Å². The van der Waals surface area contributed by atoms with Crippen molar-refractivity contribution in [3.63, 3.8) is 0 Å². The first-order valence-electron chi connectivity index (χ1n) is 5.68. The van der Waals surface area contributed by atoms with Crippen LogP contribution in [0.4, 0.5) is 10.8 Å². The number of anilines is 2. The smallest absolute Gasteiger partial charge is 0.187 e. The number of hydrogen-bond donors (Lipinski definition) is 1. The number of nitriles is 1. The molecule has 0 atom stereocenters. The maximum Gasteiger partial charge on any atom is 0.187 e. The van der Waals surface area contributed by atoms with Crippen LogP contribution >= 0.6 is 22.9 Å². The fraction of sp³-hybridized carbons (Fsp3) is 0.231. The number of aromatic nitrogens is 1. The van der Waals surface area contributed by atoms with Gasteiger partial charge < -0.3 is 5.32 Å². The minimum atomic E-state index is 0.539. The van der Waals surface area contributed by atoms with Crippen LogP contribution in [-0.2, 0) is 0 Å². The first-order chi connectivity index (χ1) is 8.76. The number of benzene rings is 1. The molecule has 0 spiro atoms. The van der Waals surface area contributed by atoms with Crippen LogP contribution in [0.2, 0.25) is 5.02 Å². The molecule has 0 amide bonds. The highest BCUT2D eigenvalue weighted by molar-refractivity contribution is 7.13. The first-order valence-corrected chi connectivity index (χ1v) is 6.94. The Labute approximate surface area is 114 Å². The van der Waals surface area contributed by atoms with E-state index in [0.29, 0.717) is 16.5 Å². The van der Waals surface area contributed by atoms with Crippen LogP contribution in [0, 0.1) is 11.3 Å². The van der Waals surface area contributed by atoms with Gasteiger partial charge in [0.25, 0.3) is 0 Å². The summed E-state index contributed by atoms with van der Waals surface area (Å²) in [4.78, 5) is 4.53. The van der Waals surface area contributed by atoms with Gasteiger partial charge in [-0.15, -0.1) is 11.3 Å². The second-order valence-corrected chi connectivity index (χ2v) is 5.55. The first kappa shape index (κ1) is 11.5. The van der Waals surface area contributed by atoms with E-state index in [2.05, 4.69) is 21.8 Å². The molecule has 1 aromatic carbocycles.